The maximum absolute atomic E-state index is 12.5. The van der Waals surface area contributed by atoms with Crippen LogP contribution in [0, 0.1) is 6.92 Å². The lowest BCUT2D eigenvalue weighted by Gasteiger charge is -2.12. The molecule has 0 atom stereocenters. The standard InChI is InChI=1S/C18H16ClN5O3/c1-9(2)26-15-6-11(4-5-13(15)19)14-7-16(25)24-17(22-14)12(8-20-24)18-21-10(3)23-27-18/h4-9,20H,1-3H3. The Morgan fingerprint density at radius 2 is 2.07 bits per heavy atom. The molecule has 0 saturated carbocycles. The van der Waals surface area contributed by atoms with Crippen molar-refractivity contribution in [3.05, 3.63) is 51.7 Å². The van der Waals surface area contributed by atoms with Gasteiger partial charge in [0.05, 0.1) is 16.8 Å². The summed E-state index contributed by atoms with van der Waals surface area (Å²) in [6.07, 6.45) is 1.58. The first kappa shape index (κ1) is 17.3. The summed E-state index contributed by atoms with van der Waals surface area (Å²) >= 11 is 6.20. The molecule has 0 aliphatic carbocycles. The van der Waals surface area contributed by atoms with E-state index >= 15 is 0 Å². The molecule has 9 heteroatoms. The number of aromatic nitrogens is 5. The maximum atomic E-state index is 12.5. The average molecular weight is 386 g/mol. The van der Waals surface area contributed by atoms with Gasteiger partial charge in [-0.1, -0.05) is 22.8 Å². The van der Waals surface area contributed by atoms with Gasteiger partial charge in [-0.05, 0) is 32.9 Å². The third-order valence-electron chi connectivity index (χ3n) is 3.85. The van der Waals surface area contributed by atoms with E-state index in [-0.39, 0.29) is 17.6 Å². The summed E-state index contributed by atoms with van der Waals surface area (Å²) in [5.41, 5.74) is 1.87. The van der Waals surface area contributed by atoms with Crippen molar-refractivity contribution in [2.75, 3.05) is 0 Å². The Bertz CT molecular complexity index is 1190. The molecule has 0 bridgehead atoms. The first-order valence-electron chi connectivity index (χ1n) is 8.31. The third kappa shape index (κ3) is 3.19. The molecular weight excluding hydrogens is 370 g/mol. The van der Waals surface area contributed by atoms with Crippen molar-refractivity contribution in [1.29, 1.82) is 0 Å². The van der Waals surface area contributed by atoms with Crippen LogP contribution >= 0.6 is 11.6 Å². The number of nitrogens with zero attached hydrogens (tertiary/aromatic N) is 4. The highest BCUT2D eigenvalue weighted by atomic mass is 35.5. The molecule has 138 valence electrons. The molecule has 0 fully saturated rings. The third-order valence-corrected chi connectivity index (χ3v) is 4.16. The SMILES string of the molecule is Cc1noc(-c2c[nH]n3c(=O)cc(-c4ccc(Cl)c(OC(C)C)c4)nc23)n1. The second-order valence-corrected chi connectivity index (χ2v) is 6.69. The van der Waals surface area contributed by atoms with Gasteiger partial charge in [-0.2, -0.15) is 4.98 Å². The molecule has 1 N–H and O–H groups in total. The van der Waals surface area contributed by atoms with Crippen LogP contribution in [0.4, 0.5) is 0 Å². The van der Waals surface area contributed by atoms with Crippen LogP contribution in [0.2, 0.25) is 5.02 Å². The molecular formula is C18H16ClN5O3. The molecule has 4 aromatic rings. The van der Waals surface area contributed by atoms with Gasteiger partial charge < -0.3 is 9.26 Å². The molecule has 0 aliphatic rings. The highest BCUT2D eigenvalue weighted by Crippen LogP contribution is 2.31. The van der Waals surface area contributed by atoms with E-state index in [0.717, 1.165) is 0 Å². The maximum Gasteiger partial charge on any atom is 0.273 e. The van der Waals surface area contributed by atoms with Crippen LogP contribution in [-0.4, -0.2) is 30.8 Å². The zero-order valence-corrected chi connectivity index (χ0v) is 15.6. The van der Waals surface area contributed by atoms with Gasteiger partial charge in [0, 0.05) is 17.8 Å². The van der Waals surface area contributed by atoms with E-state index in [9.17, 15) is 4.79 Å². The lowest BCUT2D eigenvalue weighted by Crippen LogP contribution is -2.14. The molecule has 3 heterocycles. The Morgan fingerprint density at radius 3 is 2.78 bits per heavy atom. The molecule has 0 radical (unpaired) electrons. The zero-order chi connectivity index (χ0) is 19.1. The van der Waals surface area contributed by atoms with Crippen LogP contribution in [-0.2, 0) is 0 Å². The molecule has 0 saturated heterocycles. The molecule has 0 amide bonds. The number of halogens is 1. The molecule has 0 spiro atoms. The summed E-state index contributed by atoms with van der Waals surface area (Å²) in [7, 11) is 0. The largest absolute Gasteiger partial charge is 0.489 e. The van der Waals surface area contributed by atoms with Crippen LogP contribution in [0.15, 0.2) is 39.8 Å². The summed E-state index contributed by atoms with van der Waals surface area (Å²) in [6, 6.07) is 6.72. The molecule has 0 aliphatic heterocycles. The van der Waals surface area contributed by atoms with Gasteiger partial charge in [0.15, 0.2) is 11.5 Å². The average Bonchev–Trinajstić information content (AvgIpc) is 3.22. The molecule has 3 aromatic heterocycles. The molecule has 1 aromatic carbocycles. The Labute approximate surface area is 158 Å². The Morgan fingerprint density at radius 1 is 1.26 bits per heavy atom. The van der Waals surface area contributed by atoms with E-state index in [4.69, 9.17) is 20.9 Å². The minimum Gasteiger partial charge on any atom is -0.489 e. The number of aryl methyl sites for hydroxylation is 1. The van der Waals surface area contributed by atoms with Crippen LogP contribution in [0.1, 0.15) is 19.7 Å². The van der Waals surface area contributed by atoms with Gasteiger partial charge in [0.1, 0.15) is 11.3 Å². The van der Waals surface area contributed by atoms with E-state index in [1.165, 1.54) is 10.6 Å². The lowest BCUT2D eigenvalue weighted by molar-refractivity contribution is 0.242. The van der Waals surface area contributed by atoms with Crippen molar-refractivity contribution >= 4 is 17.2 Å². The highest BCUT2D eigenvalue weighted by molar-refractivity contribution is 6.32. The molecule has 4 rings (SSSR count). The van der Waals surface area contributed by atoms with E-state index in [2.05, 4.69) is 20.2 Å². The first-order chi connectivity index (χ1) is 12.9. The van der Waals surface area contributed by atoms with Crippen molar-refractivity contribution < 1.29 is 9.26 Å². The van der Waals surface area contributed by atoms with Crippen molar-refractivity contribution in [3.63, 3.8) is 0 Å². The minimum atomic E-state index is -0.265. The van der Waals surface area contributed by atoms with E-state index in [1.54, 1.807) is 31.3 Å². The molecule has 8 nitrogen and oxygen atoms in total. The van der Waals surface area contributed by atoms with Crippen molar-refractivity contribution in [2.24, 2.45) is 0 Å². The smallest absolute Gasteiger partial charge is 0.273 e. The summed E-state index contributed by atoms with van der Waals surface area (Å²) in [6.45, 7) is 5.55. The number of hydrogen-bond donors (Lipinski definition) is 1. The fraction of sp³-hybridized carbons (Fsp3) is 0.222. The van der Waals surface area contributed by atoms with E-state index < -0.39 is 0 Å². The number of benzene rings is 1. The Hall–Kier alpha value is -3.13. The highest BCUT2D eigenvalue weighted by Gasteiger charge is 2.17. The lowest BCUT2D eigenvalue weighted by atomic mass is 10.1. The second-order valence-electron chi connectivity index (χ2n) is 6.28. The monoisotopic (exact) mass is 385 g/mol. The topological polar surface area (TPSA) is 98.3 Å². The number of ether oxygens (including phenoxy) is 1. The summed E-state index contributed by atoms with van der Waals surface area (Å²) in [5, 5.41) is 7.14. The van der Waals surface area contributed by atoms with E-state index in [0.29, 0.717) is 39.1 Å². The van der Waals surface area contributed by atoms with Gasteiger partial charge >= 0.3 is 0 Å². The Kier molecular flexibility index (Phi) is 4.19. The van der Waals surface area contributed by atoms with Gasteiger partial charge in [-0.3, -0.25) is 9.89 Å². The second kappa shape index (κ2) is 6.55. The quantitative estimate of drug-likeness (QED) is 0.577. The number of aromatic amines is 1. The summed E-state index contributed by atoms with van der Waals surface area (Å²) in [4.78, 5) is 21.3. The number of hydrogen-bond acceptors (Lipinski definition) is 6. The van der Waals surface area contributed by atoms with Gasteiger partial charge in [0.25, 0.3) is 11.4 Å². The number of nitrogens with one attached hydrogen (secondary N) is 1. The zero-order valence-electron chi connectivity index (χ0n) is 14.9. The molecule has 0 unspecified atom stereocenters. The van der Waals surface area contributed by atoms with E-state index in [1.807, 2.05) is 13.8 Å². The van der Waals surface area contributed by atoms with Gasteiger partial charge in [-0.25, -0.2) is 9.50 Å². The minimum absolute atomic E-state index is 0.0316. The van der Waals surface area contributed by atoms with Crippen LogP contribution < -0.4 is 10.3 Å². The van der Waals surface area contributed by atoms with Crippen LogP contribution in [0.25, 0.3) is 28.4 Å². The summed E-state index contributed by atoms with van der Waals surface area (Å²) in [5.74, 6) is 1.32. The first-order valence-corrected chi connectivity index (χ1v) is 8.68. The van der Waals surface area contributed by atoms with Crippen molar-refractivity contribution in [1.82, 2.24) is 24.7 Å². The predicted molar refractivity (Wildman–Crippen MR) is 100 cm³/mol. The van der Waals surface area contributed by atoms with Crippen LogP contribution in [0.3, 0.4) is 0 Å². The number of H-pyrrole nitrogens is 1. The van der Waals surface area contributed by atoms with Crippen molar-refractivity contribution in [2.45, 2.75) is 26.9 Å². The van der Waals surface area contributed by atoms with Crippen LogP contribution in [0.5, 0.6) is 5.75 Å². The number of rotatable bonds is 4. The summed E-state index contributed by atoms with van der Waals surface area (Å²) < 4.78 is 12.2. The Balaban J connectivity index is 1.87. The van der Waals surface area contributed by atoms with Crippen molar-refractivity contribution in [3.8, 4) is 28.5 Å². The number of fused-ring (bicyclic) bond motifs is 1. The fourth-order valence-electron chi connectivity index (χ4n) is 2.70. The molecule has 27 heavy (non-hydrogen) atoms. The van der Waals surface area contributed by atoms with Gasteiger partial charge in [-0.15, -0.1) is 0 Å². The normalized spacial score (nSPS) is 11.4. The van der Waals surface area contributed by atoms with Gasteiger partial charge in [0.2, 0.25) is 0 Å². The fourth-order valence-corrected chi connectivity index (χ4v) is 2.86. The predicted octanol–water partition coefficient (Wildman–Crippen LogP) is 3.49.